The van der Waals surface area contributed by atoms with Crippen LogP contribution >= 0.6 is 0 Å². The number of halogens is 1. The quantitative estimate of drug-likeness (QED) is 0.341. The van der Waals surface area contributed by atoms with E-state index >= 15 is 0 Å². The fourth-order valence-electron chi connectivity index (χ4n) is 3.78. The van der Waals surface area contributed by atoms with Crippen LogP contribution in [0.4, 0.5) is 4.39 Å². The van der Waals surface area contributed by atoms with Crippen LogP contribution in [0.15, 0.2) is 30.4 Å². The number of hydrogen-bond acceptors (Lipinski definition) is 2. The molecule has 0 aromatic heterocycles. The SMILES string of the molecule is CCCCCCCC1CCC(/C=C/COc2ccc(C#N)cc2F)CC1. The molecule has 0 heterocycles. The Labute approximate surface area is 158 Å². The van der Waals surface area contributed by atoms with Crippen molar-refractivity contribution in [2.24, 2.45) is 11.8 Å². The Hall–Kier alpha value is -1.82. The fraction of sp³-hybridized carbons (Fsp3) is 0.609. The molecule has 0 bridgehead atoms. The normalized spacial score (nSPS) is 20.2. The number of unbranched alkanes of at least 4 members (excludes halogenated alkanes) is 4. The van der Waals surface area contributed by atoms with E-state index in [0.717, 1.165) is 5.92 Å². The summed E-state index contributed by atoms with van der Waals surface area (Å²) in [6, 6.07) is 6.23. The summed E-state index contributed by atoms with van der Waals surface area (Å²) in [7, 11) is 0. The number of benzene rings is 1. The van der Waals surface area contributed by atoms with Crippen LogP contribution < -0.4 is 4.74 Å². The van der Waals surface area contributed by atoms with E-state index < -0.39 is 5.82 Å². The molecule has 1 aliphatic rings. The molecule has 142 valence electrons. The number of rotatable bonds is 10. The zero-order valence-electron chi connectivity index (χ0n) is 16.1. The van der Waals surface area contributed by atoms with Gasteiger partial charge in [-0.2, -0.15) is 5.26 Å². The summed E-state index contributed by atoms with van der Waals surface area (Å²) < 4.78 is 19.2. The molecule has 2 rings (SSSR count). The fourth-order valence-corrected chi connectivity index (χ4v) is 3.78. The van der Waals surface area contributed by atoms with Gasteiger partial charge in [0.25, 0.3) is 0 Å². The summed E-state index contributed by atoms with van der Waals surface area (Å²) in [4.78, 5) is 0. The molecule has 0 amide bonds. The second-order valence-electron chi connectivity index (χ2n) is 7.48. The average molecular weight is 358 g/mol. The summed E-state index contributed by atoms with van der Waals surface area (Å²) in [5.41, 5.74) is 0.313. The summed E-state index contributed by atoms with van der Waals surface area (Å²) in [6.07, 6.45) is 17.8. The van der Waals surface area contributed by atoms with Gasteiger partial charge in [-0.1, -0.05) is 57.6 Å². The molecule has 3 heteroatoms. The molecule has 0 saturated heterocycles. The smallest absolute Gasteiger partial charge is 0.166 e. The standard InChI is InChI=1S/C23H32FNO/c1-2-3-4-5-6-8-19-10-12-20(13-11-19)9-7-16-26-23-15-14-21(18-25)17-22(23)24/h7,9,14-15,17,19-20H,2-6,8,10-13,16H2,1H3/b9-7+. The lowest BCUT2D eigenvalue weighted by atomic mass is 9.79. The van der Waals surface area contributed by atoms with Gasteiger partial charge in [-0.25, -0.2) is 4.39 Å². The van der Waals surface area contributed by atoms with Crippen molar-refractivity contribution >= 4 is 0 Å². The van der Waals surface area contributed by atoms with Gasteiger partial charge in [-0.15, -0.1) is 0 Å². The highest BCUT2D eigenvalue weighted by atomic mass is 19.1. The van der Waals surface area contributed by atoms with Gasteiger partial charge in [0, 0.05) is 0 Å². The van der Waals surface area contributed by atoms with Gasteiger partial charge < -0.3 is 4.74 Å². The lowest BCUT2D eigenvalue weighted by Crippen LogP contribution is -2.13. The number of nitrogens with zero attached hydrogens (tertiary/aromatic N) is 1. The minimum absolute atomic E-state index is 0.209. The summed E-state index contributed by atoms with van der Waals surface area (Å²) in [5.74, 6) is 1.29. The van der Waals surface area contributed by atoms with Crippen LogP contribution in [0.5, 0.6) is 5.75 Å². The van der Waals surface area contributed by atoms with E-state index in [1.807, 2.05) is 12.1 Å². The molecular weight excluding hydrogens is 325 g/mol. The molecule has 1 saturated carbocycles. The van der Waals surface area contributed by atoms with Gasteiger partial charge in [0.15, 0.2) is 11.6 Å². The minimum Gasteiger partial charge on any atom is -0.486 e. The summed E-state index contributed by atoms with van der Waals surface area (Å²) in [6.45, 7) is 2.64. The molecule has 2 nitrogen and oxygen atoms in total. The first kappa shape index (κ1) is 20.5. The number of allylic oxidation sites excluding steroid dienone is 1. The molecule has 0 unspecified atom stereocenters. The van der Waals surface area contributed by atoms with E-state index in [1.165, 1.54) is 76.3 Å². The van der Waals surface area contributed by atoms with Crippen LogP contribution in [-0.2, 0) is 0 Å². The first-order valence-corrected chi connectivity index (χ1v) is 10.2. The van der Waals surface area contributed by atoms with Crippen LogP contribution in [0, 0.1) is 29.0 Å². The Kier molecular flexibility index (Phi) is 9.24. The van der Waals surface area contributed by atoms with Crippen LogP contribution in [0.3, 0.4) is 0 Å². The Morgan fingerprint density at radius 3 is 2.62 bits per heavy atom. The Bertz CT molecular complexity index is 597. The van der Waals surface area contributed by atoms with Crippen molar-refractivity contribution in [2.75, 3.05) is 6.61 Å². The van der Waals surface area contributed by atoms with Crippen LogP contribution in [0.1, 0.15) is 76.7 Å². The molecule has 0 N–H and O–H groups in total. The van der Waals surface area contributed by atoms with Gasteiger partial charge in [-0.05, 0) is 55.7 Å². The van der Waals surface area contributed by atoms with Crippen molar-refractivity contribution < 1.29 is 9.13 Å². The van der Waals surface area contributed by atoms with Gasteiger partial charge in [0.05, 0.1) is 11.6 Å². The monoisotopic (exact) mass is 357 g/mol. The molecular formula is C23H32FNO. The van der Waals surface area contributed by atoms with Crippen LogP contribution in [0.2, 0.25) is 0 Å². The maximum atomic E-state index is 13.7. The van der Waals surface area contributed by atoms with Crippen molar-refractivity contribution in [1.29, 1.82) is 5.26 Å². The second kappa shape index (κ2) is 11.7. The third-order valence-corrected chi connectivity index (χ3v) is 5.41. The predicted octanol–water partition coefficient (Wildman–Crippen LogP) is 6.80. The highest BCUT2D eigenvalue weighted by Gasteiger charge is 2.18. The topological polar surface area (TPSA) is 33.0 Å². The third kappa shape index (κ3) is 7.20. The average Bonchev–Trinajstić information content (AvgIpc) is 2.67. The first-order chi connectivity index (χ1) is 12.7. The lowest BCUT2D eigenvalue weighted by molar-refractivity contribution is 0.287. The van der Waals surface area contributed by atoms with Crippen molar-refractivity contribution in [3.8, 4) is 11.8 Å². The maximum Gasteiger partial charge on any atom is 0.166 e. The number of ether oxygens (including phenoxy) is 1. The highest BCUT2D eigenvalue weighted by Crippen LogP contribution is 2.32. The molecule has 1 aromatic rings. The van der Waals surface area contributed by atoms with Crippen molar-refractivity contribution in [3.05, 3.63) is 41.7 Å². The van der Waals surface area contributed by atoms with Gasteiger partial charge in [0.1, 0.15) is 6.61 Å². The molecule has 1 fully saturated rings. The number of nitriles is 1. The molecule has 26 heavy (non-hydrogen) atoms. The van der Waals surface area contributed by atoms with E-state index in [4.69, 9.17) is 10.00 Å². The van der Waals surface area contributed by atoms with E-state index in [0.29, 0.717) is 18.1 Å². The second-order valence-corrected chi connectivity index (χ2v) is 7.48. The molecule has 0 radical (unpaired) electrons. The maximum absolute atomic E-state index is 13.7. The molecule has 0 spiro atoms. The van der Waals surface area contributed by atoms with Crippen molar-refractivity contribution in [2.45, 2.75) is 71.1 Å². The zero-order valence-corrected chi connectivity index (χ0v) is 16.1. The van der Waals surface area contributed by atoms with Crippen LogP contribution in [-0.4, -0.2) is 6.61 Å². The first-order valence-electron chi connectivity index (χ1n) is 10.2. The largest absolute Gasteiger partial charge is 0.486 e. The highest BCUT2D eigenvalue weighted by molar-refractivity contribution is 5.36. The Morgan fingerprint density at radius 1 is 1.15 bits per heavy atom. The Morgan fingerprint density at radius 2 is 1.92 bits per heavy atom. The van der Waals surface area contributed by atoms with E-state index in [2.05, 4.69) is 13.0 Å². The zero-order chi connectivity index (χ0) is 18.6. The van der Waals surface area contributed by atoms with Gasteiger partial charge >= 0.3 is 0 Å². The van der Waals surface area contributed by atoms with E-state index in [9.17, 15) is 4.39 Å². The third-order valence-electron chi connectivity index (χ3n) is 5.41. The summed E-state index contributed by atoms with van der Waals surface area (Å²) >= 11 is 0. The molecule has 0 aliphatic heterocycles. The molecule has 1 aliphatic carbocycles. The number of hydrogen-bond donors (Lipinski definition) is 0. The van der Waals surface area contributed by atoms with E-state index in [-0.39, 0.29) is 5.75 Å². The van der Waals surface area contributed by atoms with Gasteiger partial charge in [0.2, 0.25) is 0 Å². The lowest BCUT2D eigenvalue weighted by Gasteiger charge is -2.26. The van der Waals surface area contributed by atoms with Crippen molar-refractivity contribution in [3.63, 3.8) is 0 Å². The summed E-state index contributed by atoms with van der Waals surface area (Å²) in [5, 5.41) is 8.74. The Balaban J connectivity index is 1.61. The van der Waals surface area contributed by atoms with Gasteiger partial charge in [-0.3, -0.25) is 0 Å². The molecule has 1 aromatic carbocycles. The molecule has 0 atom stereocenters. The minimum atomic E-state index is -0.475. The van der Waals surface area contributed by atoms with Crippen LogP contribution in [0.25, 0.3) is 0 Å². The predicted molar refractivity (Wildman–Crippen MR) is 105 cm³/mol. The van der Waals surface area contributed by atoms with Crippen molar-refractivity contribution in [1.82, 2.24) is 0 Å². The van der Waals surface area contributed by atoms with E-state index in [1.54, 1.807) is 6.07 Å².